The second-order valence-electron chi connectivity index (χ2n) is 20.9. The first-order chi connectivity index (χ1) is 26.0. The van der Waals surface area contributed by atoms with Gasteiger partial charge in [-0.3, -0.25) is 0 Å². The van der Waals surface area contributed by atoms with Crippen LogP contribution in [0.1, 0.15) is 72.1 Å². The maximum Gasteiger partial charge on any atom is 0.0517 e. The molecule has 0 aliphatic carbocycles. The maximum atomic E-state index is 2.50. The molecule has 0 N–H and O–H groups in total. The van der Waals surface area contributed by atoms with Gasteiger partial charge >= 0.3 is 0 Å². The summed E-state index contributed by atoms with van der Waals surface area (Å²) < 4.78 is 0. The van der Waals surface area contributed by atoms with E-state index in [2.05, 4.69) is 228 Å². The Balaban J connectivity index is 1.72. The molecule has 0 radical (unpaired) electrons. The van der Waals surface area contributed by atoms with E-state index in [-0.39, 0.29) is 0 Å². The highest BCUT2D eigenvalue weighted by Gasteiger charge is 2.30. The van der Waals surface area contributed by atoms with Crippen LogP contribution in [0.15, 0.2) is 121 Å². The minimum atomic E-state index is -1.33. The first-order valence-electron chi connectivity index (χ1n) is 21.1. The fraction of sp³-hybridized carbons (Fsp3) is 0.400. The Bertz CT molecular complexity index is 1750. The van der Waals surface area contributed by atoms with E-state index in [1.165, 1.54) is 54.1 Å². The van der Waals surface area contributed by atoms with E-state index in [0.29, 0.717) is 22.2 Å². The van der Waals surface area contributed by atoms with Gasteiger partial charge in [0, 0.05) is 0 Å². The molecule has 0 aromatic heterocycles. The largest absolute Gasteiger partial charge is 0.0691 e. The van der Waals surface area contributed by atoms with Gasteiger partial charge in [0.1, 0.15) is 0 Å². The zero-order valence-electron chi connectivity index (χ0n) is 37.8. The highest BCUT2D eigenvalue weighted by molar-refractivity contribution is 7.85. The van der Waals surface area contributed by atoms with Crippen LogP contribution in [0.4, 0.5) is 0 Å². The van der Waals surface area contributed by atoms with Gasteiger partial charge in [-0.2, -0.15) is 0 Å². The summed E-state index contributed by atoms with van der Waals surface area (Å²) in [5, 5.41) is 8.75. The van der Waals surface area contributed by atoms with E-state index in [1.807, 2.05) is 0 Å². The minimum absolute atomic E-state index is 0.614. The number of hydrogen-bond acceptors (Lipinski definition) is 0. The Morgan fingerprint density at radius 1 is 0.286 bits per heavy atom. The minimum Gasteiger partial charge on any atom is -0.0691 e. The van der Waals surface area contributed by atoms with Crippen molar-refractivity contribution in [2.24, 2.45) is 0 Å². The molecule has 0 aliphatic rings. The van der Waals surface area contributed by atoms with Crippen molar-refractivity contribution in [1.82, 2.24) is 0 Å². The summed E-state index contributed by atoms with van der Waals surface area (Å²) in [7, 11) is -6.96. The third-order valence-corrected chi connectivity index (χ3v) is 30.1. The summed E-state index contributed by atoms with van der Waals surface area (Å²) in [5.41, 5.74) is 8.39. The normalized spacial score (nSPS) is 16.1. The van der Waals surface area contributed by atoms with Crippen molar-refractivity contribution < 1.29 is 0 Å². The maximum absolute atomic E-state index is 2.50. The molecule has 5 aromatic carbocycles. The van der Waals surface area contributed by atoms with Crippen molar-refractivity contribution in [1.29, 1.82) is 0 Å². The van der Waals surface area contributed by atoms with E-state index < -0.39 is 48.1 Å². The molecule has 0 heterocycles. The summed E-state index contributed by atoms with van der Waals surface area (Å²) in [6.07, 6.45) is 0. The average Bonchev–Trinajstić information content (AvgIpc) is 3.14. The number of rotatable bonds is 14. The van der Waals surface area contributed by atoms with Crippen LogP contribution in [-0.2, 0) is 0 Å². The van der Waals surface area contributed by atoms with Gasteiger partial charge < -0.3 is 0 Å². The molecule has 0 spiro atoms. The predicted octanol–water partition coefficient (Wildman–Crippen LogP) is 13.1. The van der Waals surface area contributed by atoms with Crippen LogP contribution in [0.3, 0.4) is 0 Å². The van der Waals surface area contributed by atoms with Crippen LogP contribution in [0, 0.1) is 0 Å². The molecule has 0 bridgehead atoms. The third-order valence-electron chi connectivity index (χ3n) is 13.2. The van der Waals surface area contributed by atoms with Crippen LogP contribution >= 0.6 is 15.8 Å². The van der Waals surface area contributed by atoms with E-state index in [9.17, 15) is 0 Å². The highest BCUT2D eigenvalue weighted by Crippen LogP contribution is 2.41. The lowest BCUT2D eigenvalue weighted by Gasteiger charge is -2.30. The standard InChI is InChI=1S/C50H72P2Si4/c1-37(53(5,6)7)41-21-29-45(30-22-41)51(46-31-23-42(24-32-46)38(2)54(8,9)10)49-19-17-18-20-50(49)52(47-33-25-43(26-34-47)39(3)55(11,12)13)48-35-27-44(28-36-48)40(4)56(14,15)16/h17-40H,1-16H3. The zero-order valence-corrected chi connectivity index (χ0v) is 43.5. The Labute approximate surface area is 349 Å². The van der Waals surface area contributed by atoms with Crippen molar-refractivity contribution in [2.75, 3.05) is 0 Å². The summed E-state index contributed by atoms with van der Waals surface area (Å²) in [5.74, 6) is 0. The highest BCUT2D eigenvalue weighted by atomic mass is 31.1. The summed E-state index contributed by atoms with van der Waals surface area (Å²) in [6, 6.07) is 49.0. The molecule has 0 saturated heterocycles. The lowest BCUT2D eigenvalue weighted by molar-refractivity contribution is 1.02. The van der Waals surface area contributed by atoms with Crippen molar-refractivity contribution in [3.63, 3.8) is 0 Å². The number of hydrogen-bond donors (Lipinski definition) is 0. The Morgan fingerprint density at radius 2 is 0.464 bits per heavy atom. The van der Waals surface area contributed by atoms with Gasteiger partial charge in [-0.15, -0.1) is 0 Å². The molecular weight excluding hydrogens is 775 g/mol. The first kappa shape index (κ1) is 44.9. The van der Waals surface area contributed by atoms with E-state index in [1.54, 1.807) is 0 Å². The fourth-order valence-electron chi connectivity index (χ4n) is 7.35. The van der Waals surface area contributed by atoms with Gasteiger partial charge in [0.2, 0.25) is 0 Å². The topological polar surface area (TPSA) is 0 Å². The van der Waals surface area contributed by atoms with Gasteiger partial charge in [0.15, 0.2) is 0 Å². The fourth-order valence-corrected chi connectivity index (χ4v) is 17.3. The van der Waals surface area contributed by atoms with E-state index in [0.717, 1.165) is 0 Å². The van der Waals surface area contributed by atoms with Crippen molar-refractivity contribution in [3.8, 4) is 0 Å². The molecule has 4 atom stereocenters. The Morgan fingerprint density at radius 3 is 0.625 bits per heavy atom. The molecule has 0 amide bonds. The van der Waals surface area contributed by atoms with Gasteiger partial charge in [-0.1, -0.05) is 228 Å². The van der Waals surface area contributed by atoms with E-state index >= 15 is 0 Å². The van der Waals surface area contributed by atoms with Gasteiger partial charge in [0.25, 0.3) is 0 Å². The first-order valence-corrected chi connectivity index (χ1v) is 38.1. The van der Waals surface area contributed by atoms with Gasteiger partial charge in [0.05, 0.1) is 32.3 Å². The smallest absolute Gasteiger partial charge is 0.0517 e. The van der Waals surface area contributed by atoms with Crippen LogP contribution in [0.25, 0.3) is 0 Å². The Kier molecular flexibility index (Phi) is 14.1. The van der Waals surface area contributed by atoms with Gasteiger partial charge in [-0.25, -0.2) is 0 Å². The lowest BCUT2D eigenvalue weighted by atomic mass is 10.2. The van der Waals surface area contributed by atoms with Crippen molar-refractivity contribution in [3.05, 3.63) is 144 Å². The Hall–Kier alpha value is -2.17. The van der Waals surface area contributed by atoms with Crippen LogP contribution in [-0.4, -0.2) is 32.3 Å². The van der Waals surface area contributed by atoms with E-state index in [4.69, 9.17) is 0 Å². The molecule has 56 heavy (non-hydrogen) atoms. The summed E-state index contributed by atoms with van der Waals surface area (Å²) >= 11 is 0. The summed E-state index contributed by atoms with van der Waals surface area (Å²) in [4.78, 5) is 0. The zero-order chi connectivity index (χ0) is 41.4. The van der Waals surface area contributed by atoms with Crippen molar-refractivity contribution in [2.45, 2.75) is 128 Å². The van der Waals surface area contributed by atoms with Crippen LogP contribution in [0.5, 0.6) is 0 Å². The molecule has 5 rings (SSSR count). The molecule has 0 fully saturated rings. The SMILES string of the molecule is CC(c1ccc(P(c2ccc(C(C)[Si](C)(C)C)cc2)c2ccccc2P(c2ccc(C(C)[Si](C)(C)C)cc2)c2ccc(C(C)[Si](C)(C)C)cc2)cc1)[Si](C)(C)C. The van der Waals surface area contributed by atoms with Crippen LogP contribution in [0.2, 0.25) is 78.6 Å². The lowest BCUT2D eigenvalue weighted by Crippen LogP contribution is -2.35. The molecular formula is C50H72P2Si4. The molecule has 0 aliphatic heterocycles. The third kappa shape index (κ3) is 10.5. The molecule has 0 nitrogen and oxygen atoms in total. The molecule has 6 heteroatoms. The molecule has 4 unspecified atom stereocenters. The van der Waals surface area contributed by atoms with Crippen molar-refractivity contribution >= 4 is 80.0 Å². The summed E-state index contributed by atoms with van der Waals surface area (Å²) in [6.45, 7) is 39.7. The predicted molar refractivity (Wildman–Crippen MR) is 271 cm³/mol. The quantitative estimate of drug-likeness (QED) is 0.0771. The van der Waals surface area contributed by atoms with Gasteiger partial charge in [-0.05, 0) is 92.1 Å². The second kappa shape index (κ2) is 17.6. The number of benzene rings is 5. The average molecular weight is 847 g/mol. The molecule has 0 saturated carbocycles. The second-order valence-corrected chi connectivity index (χ2v) is 47.6. The molecule has 5 aromatic rings. The molecule has 298 valence electrons. The van der Waals surface area contributed by atoms with Crippen LogP contribution < -0.4 is 31.8 Å². The monoisotopic (exact) mass is 846 g/mol.